The van der Waals surface area contributed by atoms with Gasteiger partial charge in [0, 0.05) is 13.0 Å². The van der Waals surface area contributed by atoms with E-state index in [2.05, 4.69) is 4.98 Å². The van der Waals surface area contributed by atoms with Crippen LogP contribution in [-0.4, -0.2) is 40.8 Å². The Morgan fingerprint density at radius 1 is 1.30 bits per heavy atom. The van der Waals surface area contributed by atoms with Crippen LogP contribution < -0.4 is 4.74 Å². The third kappa shape index (κ3) is 4.68. The van der Waals surface area contributed by atoms with Gasteiger partial charge in [-0.1, -0.05) is 0 Å². The van der Waals surface area contributed by atoms with Gasteiger partial charge >= 0.3 is 5.97 Å². The SMILES string of the molecule is Cc1nc(COc2ccc(F)cc2)sc1C(=O)OCC(=O)N1CCCC1=O. The number of hydrogen-bond acceptors (Lipinski definition) is 7. The van der Waals surface area contributed by atoms with Crippen molar-refractivity contribution in [3.05, 3.63) is 45.7 Å². The highest BCUT2D eigenvalue weighted by molar-refractivity contribution is 7.13. The summed E-state index contributed by atoms with van der Waals surface area (Å²) in [5.74, 6) is -1.31. The fraction of sp³-hybridized carbons (Fsp3) is 0.333. The monoisotopic (exact) mass is 392 g/mol. The summed E-state index contributed by atoms with van der Waals surface area (Å²) in [6.45, 7) is 1.65. The third-order valence-corrected chi connectivity index (χ3v) is 5.01. The van der Waals surface area contributed by atoms with E-state index in [1.807, 2.05) is 0 Å². The van der Waals surface area contributed by atoms with Crippen molar-refractivity contribution in [3.63, 3.8) is 0 Å². The average molecular weight is 392 g/mol. The minimum Gasteiger partial charge on any atom is -0.486 e. The Bertz CT molecular complexity index is 865. The standard InChI is InChI=1S/C18H17FN2O5S/c1-11-17(18(24)26-10-16(23)21-8-2-3-15(21)22)27-14(20-11)9-25-13-6-4-12(19)5-7-13/h4-7H,2-3,8-10H2,1H3. The smallest absolute Gasteiger partial charge is 0.350 e. The molecule has 0 saturated carbocycles. The van der Waals surface area contributed by atoms with Crippen LogP contribution in [0.4, 0.5) is 4.39 Å². The van der Waals surface area contributed by atoms with Crippen molar-refractivity contribution in [1.82, 2.24) is 9.88 Å². The second kappa shape index (κ2) is 8.26. The summed E-state index contributed by atoms with van der Waals surface area (Å²) < 4.78 is 23.4. The summed E-state index contributed by atoms with van der Waals surface area (Å²) in [7, 11) is 0. The second-order valence-electron chi connectivity index (χ2n) is 5.88. The number of carbonyl (C=O) groups excluding carboxylic acids is 3. The fourth-order valence-electron chi connectivity index (χ4n) is 2.56. The minimum atomic E-state index is -0.668. The van der Waals surface area contributed by atoms with E-state index in [1.54, 1.807) is 6.92 Å². The zero-order valence-corrected chi connectivity index (χ0v) is 15.4. The summed E-state index contributed by atoms with van der Waals surface area (Å²) in [5, 5.41) is 0.546. The lowest BCUT2D eigenvalue weighted by Crippen LogP contribution is -2.35. The van der Waals surface area contributed by atoms with E-state index in [4.69, 9.17) is 9.47 Å². The molecule has 2 aromatic rings. The number of nitrogens with zero attached hydrogens (tertiary/aromatic N) is 2. The molecule has 3 rings (SSSR count). The quantitative estimate of drug-likeness (QED) is 0.702. The van der Waals surface area contributed by atoms with Crippen molar-refractivity contribution in [2.24, 2.45) is 0 Å². The number of rotatable bonds is 6. The number of carbonyl (C=O) groups is 3. The van der Waals surface area contributed by atoms with Gasteiger partial charge < -0.3 is 9.47 Å². The van der Waals surface area contributed by atoms with Gasteiger partial charge in [-0.15, -0.1) is 11.3 Å². The maximum Gasteiger partial charge on any atom is 0.350 e. The zero-order chi connectivity index (χ0) is 19.4. The van der Waals surface area contributed by atoms with Crippen LogP contribution in [0.1, 0.15) is 33.2 Å². The lowest BCUT2D eigenvalue weighted by atomic mass is 10.3. The first-order valence-corrected chi connectivity index (χ1v) is 9.10. The van der Waals surface area contributed by atoms with E-state index in [9.17, 15) is 18.8 Å². The van der Waals surface area contributed by atoms with Gasteiger partial charge in [0.2, 0.25) is 5.91 Å². The second-order valence-corrected chi connectivity index (χ2v) is 6.97. The number of benzene rings is 1. The van der Waals surface area contributed by atoms with Gasteiger partial charge in [0.1, 0.15) is 28.1 Å². The van der Waals surface area contributed by atoms with Gasteiger partial charge in [-0.2, -0.15) is 0 Å². The van der Waals surface area contributed by atoms with Crippen LogP contribution in [0, 0.1) is 12.7 Å². The van der Waals surface area contributed by atoms with Crippen LogP contribution in [0.2, 0.25) is 0 Å². The van der Waals surface area contributed by atoms with Crippen molar-refractivity contribution in [3.8, 4) is 5.75 Å². The lowest BCUT2D eigenvalue weighted by molar-refractivity contribution is -0.143. The lowest BCUT2D eigenvalue weighted by Gasteiger charge is -2.13. The normalized spacial score (nSPS) is 13.7. The molecule has 0 spiro atoms. The molecule has 0 unspecified atom stereocenters. The fourth-order valence-corrected chi connectivity index (χ4v) is 3.43. The predicted octanol–water partition coefficient (Wildman–Crippen LogP) is 2.48. The van der Waals surface area contributed by atoms with E-state index < -0.39 is 18.5 Å². The van der Waals surface area contributed by atoms with E-state index in [0.717, 1.165) is 16.2 Å². The Morgan fingerprint density at radius 2 is 2.04 bits per heavy atom. The molecule has 0 atom stereocenters. The Morgan fingerprint density at radius 3 is 2.70 bits per heavy atom. The van der Waals surface area contributed by atoms with Crippen LogP contribution in [-0.2, 0) is 20.9 Å². The number of hydrogen-bond donors (Lipinski definition) is 0. The van der Waals surface area contributed by atoms with Gasteiger partial charge in [-0.3, -0.25) is 14.5 Å². The average Bonchev–Trinajstić information content (AvgIpc) is 3.24. The van der Waals surface area contributed by atoms with Crippen molar-refractivity contribution in [2.75, 3.05) is 13.2 Å². The van der Waals surface area contributed by atoms with Crippen LogP contribution in [0.15, 0.2) is 24.3 Å². The molecule has 0 bridgehead atoms. The first-order valence-electron chi connectivity index (χ1n) is 8.29. The van der Waals surface area contributed by atoms with Gasteiger partial charge in [-0.25, -0.2) is 14.2 Å². The first-order chi connectivity index (χ1) is 12.9. The van der Waals surface area contributed by atoms with Crippen LogP contribution in [0.5, 0.6) is 5.75 Å². The summed E-state index contributed by atoms with van der Waals surface area (Å²) in [6, 6.07) is 5.56. The Hall–Kier alpha value is -2.81. The molecule has 0 aliphatic carbocycles. The molecule has 142 valence electrons. The molecule has 1 saturated heterocycles. The van der Waals surface area contributed by atoms with Crippen LogP contribution >= 0.6 is 11.3 Å². The molecule has 27 heavy (non-hydrogen) atoms. The molecular weight excluding hydrogens is 375 g/mol. The molecule has 1 fully saturated rings. The molecule has 0 N–H and O–H groups in total. The number of imide groups is 1. The van der Waals surface area contributed by atoms with Crippen molar-refractivity contribution in [2.45, 2.75) is 26.4 Å². The maximum atomic E-state index is 12.9. The summed E-state index contributed by atoms with van der Waals surface area (Å²) in [4.78, 5) is 41.3. The van der Waals surface area contributed by atoms with Crippen molar-refractivity contribution in [1.29, 1.82) is 0 Å². The molecule has 1 aliphatic heterocycles. The number of thiazole rings is 1. The number of aryl methyl sites for hydroxylation is 1. The highest BCUT2D eigenvalue weighted by Crippen LogP contribution is 2.21. The number of ether oxygens (including phenoxy) is 2. The highest BCUT2D eigenvalue weighted by Gasteiger charge is 2.27. The number of likely N-dealkylation sites (tertiary alicyclic amines) is 1. The summed E-state index contributed by atoms with van der Waals surface area (Å²) in [6.07, 6.45) is 0.967. The Kier molecular flexibility index (Phi) is 5.80. The van der Waals surface area contributed by atoms with E-state index in [-0.39, 0.29) is 23.2 Å². The molecule has 0 radical (unpaired) electrons. The largest absolute Gasteiger partial charge is 0.486 e. The van der Waals surface area contributed by atoms with E-state index in [0.29, 0.717) is 35.8 Å². The third-order valence-electron chi connectivity index (χ3n) is 3.90. The Labute approximate surface area is 158 Å². The maximum absolute atomic E-state index is 12.9. The van der Waals surface area contributed by atoms with Gasteiger partial charge in [-0.05, 0) is 37.6 Å². The molecule has 1 aliphatic rings. The first kappa shape index (κ1) is 19.0. The number of aromatic nitrogens is 1. The van der Waals surface area contributed by atoms with Crippen molar-refractivity contribution >= 4 is 29.1 Å². The molecule has 1 aromatic heterocycles. The van der Waals surface area contributed by atoms with Crippen LogP contribution in [0.3, 0.4) is 0 Å². The van der Waals surface area contributed by atoms with Gasteiger partial charge in [0.25, 0.3) is 5.91 Å². The molecular formula is C18H17FN2O5S. The molecule has 1 aromatic carbocycles. The van der Waals surface area contributed by atoms with Crippen molar-refractivity contribution < 1.29 is 28.2 Å². The number of esters is 1. The van der Waals surface area contributed by atoms with Gasteiger partial charge in [0.05, 0.1) is 5.69 Å². The van der Waals surface area contributed by atoms with E-state index >= 15 is 0 Å². The summed E-state index contributed by atoms with van der Waals surface area (Å²) in [5.41, 5.74) is 0.465. The van der Waals surface area contributed by atoms with Gasteiger partial charge in [0.15, 0.2) is 6.61 Å². The zero-order valence-electron chi connectivity index (χ0n) is 14.6. The Balaban J connectivity index is 1.55. The number of amides is 2. The predicted molar refractivity (Wildman–Crippen MR) is 93.8 cm³/mol. The summed E-state index contributed by atoms with van der Waals surface area (Å²) >= 11 is 1.10. The van der Waals surface area contributed by atoms with E-state index in [1.165, 1.54) is 24.3 Å². The highest BCUT2D eigenvalue weighted by atomic mass is 32.1. The molecule has 9 heteroatoms. The molecule has 7 nitrogen and oxygen atoms in total. The molecule has 2 heterocycles. The topological polar surface area (TPSA) is 85.8 Å². The molecule has 2 amide bonds. The minimum absolute atomic E-state index is 0.117. The van der Waals surface area contributed by atoms with Crippen LogP contribution in [0.25, 0.3) is 0 Å². The number of halogens is 1.